The molecule has 0 fully saturated rings. The Morgan fingerprint density at radius 2 is 2.16 bits per heavy atom. The summed E-state index contributed by atoms with van der Waals surface area (Å²) in [6.07, 6.45) is 0. The van der Waals surface area contributed by atoms with Crippen molar-refractivity contribution in [3.8, 4) is 17.0 Å². The number of ether oxygens (including phenoxy) is 1. The first-order valence-electron chi connectivity index (χ1n) is 5.94. The first kappa shape index (κ1) is 13.6. The average Bonchev–Trinajstić information content (AvgIpc) is 2.73. The summed E-state index contributed by atoms with van der Waals surface area (Å²) in [4.78, 5) is 11.5. The van der Waals surface area contributed by atoms with Crippen molar-refractivity contribution >= 4 is 16.8 Å². The third-order valence-electron chi connectivity index (χ3n) is 2.75. The van der Waals surface area contributed by atoms with E-state index >= 15 is 0 Å². The van der Waals surface area contributed by atoms with E-state index in [4.69, 9.17) is 20.9 Å². The molecule has 0 radical (unpaired) electrons. The van der Waals surface area contributed by atoms with Gasteiger partial charge in [-0.25, -0.2) is 0 Å². The van der Waals surface area contributed by atoms with Crippen LogP contribution in [0.1, 0.15) is 28.6 Å². The Morgan fingerprint density at radius 1 is 1.42 bits per heavy atom. The number of nitrogens with zero attached hydrogens (tertiary/aromatic N) is 1. The number of carbonyl (C=O) groups is 1. The highest BCUT2D eigenvalue weighted by molar-refractivity contribution is 6.68. The van der Waals surface area contributed by atoms with Crippen LogP contribution >= 0.6 is 11.6 Å². The predicted octanol–water partition coefficient (Wildman–Crippen LogP) is 3.74. The lowest BCUT2D eigenvalue weighted by molar-refractivity contribution is 0.108. The van der Waals surface area contributed by atoms with E-state index in [1.165, 1.54) is 0 Å². The van der Waals surface area contributed by atoms with Crippen LogP contribution < -0.4 is 4.74 Å². The van der Waals surface area contributed by atoms with Gasteiger partial charge in [0, 0.05) is 5.56 Å². The number of hydrogen-bond donors (Lipinski definition) is 0. The number of halogens is 1. The van der Waals surface area contributed by atoms with Gasteiger partial charge in [-0.15, -0.1) is 0 Å². The molecule has 0 aliphatic heterocycles. The van der Waals surface area contributed by atoms with Gasteiger partial charge in [-0.05, 0) is 44.5 Å². The van der Waals surface area contributed by atoms with Gasteiger partial charge in [0.05, 0.1) is 6.61 Å². The molecular formula is C14H14ClNO3. The quantitative estimate of drug-likeness (QED) is 0.800. The standard InChI is InChI=1S/C14H14ClNO3/c1-4-18-11-6-5-8(2)7-10(11)13-12(14(15)17)9(3)19-16-13/h5-7H,4H2,1-3H3. The van der Waals surface area contributed by atoms with Gasteiger partial charge in [0.15, 0.2) is 0 Å². The summed E-state index contributed by atoms with van der Waals surface area (Å²) >= 11 is 5.59. The lowest BCUT2D eigenvalue weighted by Crippen LogP contribution is -1.98. The van der Waals surface area contributed by atoms with Crippen LogP contribution in [0, 0.1) is 13.8 Å². The molecule has 0 aliphatic carbocycles. The van der Waals surface area contributed by atoms with Gasteiger partial charge in [-0.1, -0.05) is 16.8 Å². The highest BCUT2D eigenvalue weighted by atomic mass is 35.5. The van der Waals surface area contributed by atoms with E-state index < -0.39 is 5.24 Å². The van der Waals surface area contributed by atoms with Crippen LogP contribution in [-0.4, -0.2) is 17.0 Å². The maximum Gasteiger partial charge on any atom is 0.258 e. The zero-order chi connectivity index (χ0) is 14.0. The first-order valence-corrected chi connectivity index (χ1v) is 6.32. The molecule has 0 N–H and O–H groups in total. The van der Waals surface area contributed by atoms with Crippen LogP contribution in [0.4, 0.5) is 0 Å². The Morgan fingerprint density at radius 3 is 2.79 bits per heavy atom. The number of benzene rings is 1. The summed E-state index contributed by atoms with van der Waals surface area (Å²) in [7, 11) is 0. The topological polar surface area (TPSA) is 52.3 Å². The van der Waals surface area contributed by atoms with Gasteiger partial charge in [-0.3, -0.25) is 4.79 Å². The first-order chi connectivity index (χ1) is 9.04. The van der Waals surface area contributed by atoms with Crippen LogP contribution in [0.25, 0.3) is 11.3 Å². The second kappa shape index (κ2) is 5.45. The summed E-state index contributed by atoms with van der Waals surface area (Å²) in [5.41, 5.74) is 2.45. The summed E-state index contributed by atoms with van der Waals surface area (Å²) in [5.74, 6) is 1.06. The molecule has 2 aromatic rings. The minimum atomic E-state index is -0.585. The average molecular weight is 280 g/mol. The van der Waals surface area contributed by atoms with E-state index in [9.17, 15) is 4.79 Å². The third kappa shape index (κ3) is 2.63. The summed E-state index contributed by atoms with van der Waals surface area (Å²) < 4.78 is 10.6. The summed E-state index contributed by atoms with van der Waals surface area (Å²) in [6.45, 7) is 6.03. The van der Waals surface area contributed by atoms with Crippen molar-refractivity contribution in [2.75, 3.05) is 6.61 Å². The molecule has 0 atom stereocenters. The fourth-order valence-electron chi connectivity index (χ4n) is 1.90. The van der Waals surface area contributed by atoms with Crippen LogP contribution in [0.15, 0.2) is 22.7 Å². The molecule has 0 amide bonds. The maximum absolute atomic E-state index is 11.5. The highest BCUT2D eigenvalue weighted by Gasteiger charge is 2.22. The van der Waals surface area contributed by atoms with Gasteiger partial charge in [0.25, 0.3) is 5.24 Å². The van der Waals surface area contributed by atoms with Gasteiger partial charge < -0.3 is 9.26 Å². The Balaban J connectivity index is 2.64. The summed E-state index contributed by atoms with van der Waals surface area (Å²) in [5, 5.41) is 3.35. The van der Waals surface area contributed by atoms with Gasteiger partial charge >= 0.3 is 0 Å². The molecule has 2 rings (SSSR count). The maximum atomic E-state index is 11.5. The van der Waals surface area contributed by atoms with Crippen LogP contribution in [0.3, 0.4) is 0 Å². The lowest BCUT2D eigenvalue weighted by atomic mass is 10.0. The zero-order valence-electron chi connectivity index (χ0n) is 11.0. The third-order valence-corrected chi connectivity index (χ3v) is 2.94. The molecular weight excluding hydrogens is 266 g/mol. The molecule has 0 saturated carbocycles. The Hall–Kier alpha value is -1.81. The summed E-state index contributed by atoms with van der Waals surface area (Å²) in [6, 6.07) is 5.68. The highest BCUT2D eigenvalue weighted by Crippen LogP contribution is 2.34. The van der Waals surface area contributed by atoms with E-state index in [1.54, 1.807) is 6.92 Å². The molecule has 0 unspecified atom stereocenters. The van der Waals surface area contributed by atoms with Crippen LogP contribution in [0.2, 0.25) is 0 Å². The normalized spacial score (nSPS) is 10.5. The molecule has 1 aromatic carbocycles. The Labute approximate surface area is 116 Å². The fraction of sp³-hybridized carbons (Fsp3) is 0.286. The van der Waals surface area contributed by atoms with Crippen molar-refractivity contribution in [2.45, 2.75) is 20.8 Å². The SMILES string of the molecule is CCOc1ccc(C)cc1-c1noc(C)c1C(=O)Cl. The van der Waals surface area contributed by atoms with Crippen molar-refractivity contribution < 1.29 is 14.1 Å². The van der Waals surface area contributed by atoms with E-state index in [-0.39, 0.29) is 5.56 Å². The largest absolute Gasteiger partial charge is 0.493 e. The fourth-order valence-corrected chi connectivity index (χ4v) is 2.12. The van der Waals surface area contributed by atoms with Gasteiger partial charge in [0.1, 0.15) is 22.8 Å². The molecule has 5 heteroatoms. The number of aryl methyl sites for hydroxylation is 2. The molecule has 0 saturated heterocycles. The van der Waals surface area contributed by atoms with E-state index in [0.29, 0.717) is 29.4 Å². The van der Waals surface area contributed by atoms with Crippen molar-refractivity contribution in [1.29, 1.82) is 0 Å². The predicted molar refractivity (Wildman–Crippen MR) is 72.8 cm³/mol. The monoisotopic (exact) mass is 279 g/mol. The van der Waals surface area contributed by atoms with Crippen molar-refractivity contribution in [3.63, 3.8) is 0 Å². The van der Waals surface area contributed by atoms with E-state index in [1.807, 2.05) is 32.0 Å². The second-order valence-electron chi connectivity index (χ2n) is 4.17. The molecule has 1 heterocycles. The van der Waals surface area contributed by atoms with Gasteiger partial charge in [0.2, 0.25) is 0 Å². The molecule has 0 aliphatic rings. The van der Waals surface area contributed by atoms with Gasteiger partial charge in [-0.2, -0.15) is 0 Å². The Bertz CT molecular complexity index is 619. The smallest absolute Gasteiger partial charge is 0.258 e. The van der Waals surface area contributed by atoms with E-state index in [2.05, 4.69) is 5.16 Å². The van der Waals surface area contributed by atoms with E-state index in [0.717, 1.165) is 5.56 Å². The Kier molecular flexibility index (Phi) is 3.90. The number of aromatic nitrogens is 1. The number of carbonyl (C=O) groups excluding carboxylic acids is 1. The second-order valence-corrected chi connectivity index (χ2v) is 4.51. The molecule has 0 bridgehead atoms. The van der Waals surface area contributed by atoms with Crippen molar-refractivity contribution in [2.24, 2.45) is 0 Å². The van der Waals surface area contributed by atoms with Crippen molar-refractivity contribution in [3.05, 3.63) is 35.1 Å². The van der Waals surface area contributed by atoms with Crippen LogP contribution in [-0.2, 0) is 0 Å². The molecule has 19 heavy (non-hydrogen) atoms. The lowest BCUT2D eigenvalue weighted by Gasteiger charge is -2.09. The molecule has 4 nitrogen and oxygen atoms in total. The molecule has 0 spiro atoms. The number of hydrogen-bond acceptors (Lipinski definition) is 4. The van der Waals surface area contributed by atoms with Crippen LogP contribution in [0.5, 0.6) is 5.75 Å². The van der Waals surface area contributed by atoms with Crippen molar-refractivity contribution in [1.82, 2.24) is 5.16 Å². The zero-order valence-corrected chi connectivity index (χ0v) is 11.7. The molecule has 1 aromatic heterocycles. The minimum Gasteiger partial charge on any atom is -0.493 e. The number of rotatable bonds is 4. The minimum absolute atomic E-state index is 0.285. The molecule has 100 valence electrons.